The van der Waals surface area contributed by atoms with Crippen LogP contribution in [0.2, 0.25) is 0 Å². The molecule has 0 spiro atoms. The monoisotopic (exact) mass is 200 g/mol. The average Bonchev–Trinajstić information content (AvgIpc) is 1.94. The molecule has 0 radical (unpaired) electrons. The molecule has 66 valence electrons. The lowest BCUT2D eigenvalue weighted by Gasteiger charge is -2.24. The van der Waals surface area contributed by atoms with Crippen molar-refractivity contribution in [2.45, 2.75) is 6.42 Å². The second-order valence-corrected chi connectivity index (χ2v) is 4.24. The molecule has 4 nitrogen and oxygen atoms in total. The van der Waals surface area contributed by atoms with E-state index in [2.05, 4.69) is 9.05 Å². The SMILES string of the molecule is O=P1(O)OCC(CCCl)CO1. The van der Waals surface area contributed by atoms with Gasteiger partial charge in [0.15, 0.2) is 0 Å². The fourth-order valence-electron chi connectivity index (χ4n) is 0.806. The molecule has 6 heteroatoms. The van der Waals surface area contributed by atoms with Gasteiger partial charge in [-0.1, -0.05) is 0 Å². The summed E-state index contributed by atoms with van der Waals surface area (Å²) >= 11 is 5.46. The first-order valence-corrected chi connectivity index (χ1v) is 5.35. The van der Waals surface area contributed by atoms with Gasteiger partial charge in [-0.2, -0.15) is 0 Å². The van der Waals surface area contributed by atoms with Crippen LogP contribution in [0.15, 0.2) is 0 Å². The Bertz CT molecular complexity index is 162. The predicted octanol–water partition coefficient (Wildman–Crippen LogP) is 1.38. The van der Waals surface area contributed by atoms with E-state index in [9.17, 15) is 4.57 Å². The minimum Gasteiger partial charge on any atom is -0.302 e. The van der Waals surface area contributed by atoms with Crippen molar-refractivity contribution >= 4 is 19.4 Å². The van der Waals surface area contributed by atoms with Crippen LogP contribution >= 0.6 is 19.4 Å². The van der Waals surface area contributed by atoms with Crippen molar-refractivity contribution in [2.75, 3.05) is 19.1 Å². The Kier molecular flexibility index (Phi) is 3.34. The lowest BCUT2D eigenvalue weighted by atomic mass is 10.1. The highest BCUT2D eigenvalue weighted by atomic mass is 35.5. The molecule has 11 heavy (non-hydrogen) atoms. The summed E-state index contributed by atoms with van der Waals surface area (Å²) in [7, 11) is -3.69. The van der Waals surface area contributed by atoms with Crippen LogP contribution in [0.25, 0.3) is 0 Å². The topological polar surface area (TPSA) is 55.8 Å². The fraction of sp³-hybridized carbons (Fsp3) is 1.00. The summed E-state index contributed by atoms with van der Waals surface area (Å²) in [5, 5.41) is 0. The summed E-state index contributed by atoms with van der Waals surface area (Å²) < 4.78 is 19.8. The van der Waals surface area contributed by atoms with Crippen molar-refractivity contribution in [1.82, 2.24) is 0 Å². The van der Waals surface area contributed by atoms with Crippen molar-refractivity contribution < 1.29 is 18.5 Å². The number of rotatable bonds is 2. The summed E-state index contributed by atoms with van der Waals surface area (Å²) in [6.45, 7) is 0.529. The predicted molar refractivity (Wildman–Crippen MR) is 40.6 cm³/mol. The highest BCUT2D eigenvalue weighted by Crippen LogP contribution is 2.47. The highest BCUT2D eigenvalue weighted by Gasteiger charge is 2.29. The second-order valence-electron chi connectivity index (χ2n) is 2.40. The first-order valence-electron chi connectivity index (χ1n) is 3.32. The molecular formula is C5H10ClO4P. The molecule has 1 fully saturated rings. The zero-order chi connectivity index (χ0) is 8.32. The van der Waals surface area contributed by atoms with Crippen LogP contribution < -0.4 is 0 Å². The summed E-state index contributed by atoms with van der Waals surface area (Å²) in [5.41, 5.74) is 0. The van der Waals surface area contributed by atoms with Crippen LogP contribution in [0.3, 0.4) is 0 Å². The van der Waals surface area contributed by atoms with E-state index in [4.69, 9.17) is 16.5 Å². The molecule has 0 saturated carbocycles. The van der Waals surface area contributed by atoms with Gasteiger partial charge in [-0.05, 0) is 6.42 Å². The van der Waals surface area contributed by atoms with Crippen molar-refractivity contribution in [2.24, 2.45) is 5.92 Å². The average molecular weight is 201 g/mol. The number of hydrogen-bond donors (Lipinski definition) is 1. The molecule has 1 heterocycles. The van der Waals surface area contributed by atoms with Gasteiger partial charge in [0.1, 0.15) is 0 Å². The zero-order valence-corrected chi connectivity index (χ0v) is 7.55. The first kappa shape index (κ1) is 9.49. The van der Waals surface area contributed by atoms with E-state index in [1.165, 1.54) is 0 Å². The molecule has 0 aromatic heterocycles. The number of halogens is 1. The van der Waals surface area contributed by atoms with E-state index >= 15 is 0 Å². The van der Waals surface area contributed by atoms with Crippen LogP contribution in [0, 0.1) is 5.92 Å². The third-order valence-corrected chi connectivity index (χ3v) is 2.63. The summed E-state index contributed by atoms with van der Waals surface area (Å²) in [6.07, 6.45) is 0.752. The van der Waals surface area contributed by atoms with Crippen molar-refractivity contribution in [3.05, 3.63) is 0 Å². The second kappa shape index (κ2) is 3.87. The van der Waals surface area contributed by atoms with Gasteiger partial charge in [0.05, 0.1) is 13.2 Å². The Morgan fingerprint density at radius 2 is 2.09 bits per heavy atom. The van der Waals surface area contributed by atoms with Crippen molar-refractivity contribution in [1.29, 1.82) is 0 Å². The zero-order valence-electron chi connectivity index (χ0n) is 5.90. The van der Waals surface area contributed by atoms with Gasteiger partial charge in [0.25, 0.3) is 0 Å². The maximum absolute atomic E-state index is 10.7. The molecule has 1 aliphatic rings. The van der Waals surface area contributed by atoms with Crippen LogP contribution in [-0.4, -0.2) is 24.0 Å². The largest absolute Gasteiger partial charge is 0.472 e. The van der Waals surface area contributed by atoms with Gasteiger partial charge in [-0.15, -0.1) is 11.6 Å². The molecule has 1 saturated heterocycles. The van der Waals surface area contributed by atoms with Gasteiger partial charge in [0.2, 0.25) is 0 Å². The third-order valence-electron chi connectivity index (χ3n) is 1.46. The number of hydrogen-bond acceptors (Lipinski definition) is 3. The van der Waals surface area contributed by atoms with E-state index in [1.807, 2.05) is 0 Å². The lowest BCUT2D eigenvalue weighted by Crippen LogP contribution is -2.21. The molecule has 0 bridgehead atoms. The standard InChI is InChI=1S/C5H10ClO4P/c6-2-1-5-3-9-11(7,8)10-4-5/h5H,1-4H2,(H,7,8). The van der Waals surface area contributed by atoms with E-state index in [1.54, 1.807) is 0 Å². The van der Waals surface area contributed by atoms with Crippen LogP contribution in [-0.2, 0) is 13.6 Å². The van der Waals surface area contributed by atoms with Gasteiger partial charge >= 0.3 is 7.82 Å². The van der Waals surface area contributed by atoms with E-state index in [0.717, 1.165) is 6.42 Å². The maximum Gasteiger partial charge on any atom is 0.472 e. The molecule has 0 unspecified atom stereocenters. The smallest absolute Gasteiger partial charge is 0.302 e. The Morgan fingerprint density at radius 3 is 2.55 bits per heavy atom. The fourth-order valence-corrected chi connectivity index (χ4v) is 1.99. The van der Waals surface area contributed by atoms with E-state index in [0.29, 0.717) is 5.88 Å². The molecule has 0 aromatic rings. The molecule has 0 aromatic carbocycles. The third kappa shape index (κ3) is 3.09. The van der Waals surface area contributed by atoms with Crippen molar-refractivity contribution in [3.8, 4) is 0 Å². The van der Waals surface area contributed by atoms with Gasteiger partial charge in [-0.25, -0.2) is 4.57 Å². The van der Waals surface area contributed by atoms with Gasteiger partial charge in [-0.3, -0.25) is 9.05 Å². The minimum atomic E-state index is -3.69. The maximum atomic E-state index is 10.7. The van der Waals surface area contributed by atoms with Gasteiger partial charge in [0, 0.05) is 11.8 Å². The van der Waals surface area contributed by atoms with Gasteiger partial charge < -0.3 is 4.89 Å². The number of phosphoric ester groups is 1. The molecule has 1 rings (SSSR count). The lowest BCUT2D eigenvalue weighted by molar-refractivity contribution is 0.0572. The quantitative estimate of drug-likeness (QED) is 0.541. The molecule has 0 aliphatic carbocycles. The highest BCUT2D eigenvalue weighted by molar-refractivity contribution is 7.47. The molecule has 0 atom stereocenters. The Labute approximate surface area is 70.1 Å². The van der Waals surface area contributed by atoms with E-state index < -0.39 is 7.82 Å². The number of phosphoric acid groups is 1. The Morgan fingerprint density at radius 1 is 1.55 bits per heavy atom. The summed E-state index contributed by atoms with van der Waals surface area (Å²) in [6, 6.07) is 0. The van der Waals surface area contributed by atoms with Crippen LogP contribution in [0.5, 0.6) is 0 Å². The van der Waals surface area contributed by atoms with Crippen LogP contribution in [0.4, 0.5) is 0 Å². The Balaban J connectivity index is 2.30. The first-order chi connectivity index (χ1) is 5.14. The molecule has 1 aliphatic heterocycles. The van der Waals surface area contributed by atoms with Crippen LogP contribution in [0.1, 0.15) is 6.42 Å². The molecule has 1 N–H and O–H groups in total. The normalized spacial score (nSPS) is 38.9. The summed E-state index contributed by atoms with van der Waals surface area (Å²) in [4.78, 5) is 8.74. The number of alkyl halides is 1. The van der Waals surface area contributed by atoms with Crippen molar-refractivity contribution in [3.63, 3.8) is 0 Å². The summed E-state index contributed by atoms with van der Waals surface area (Å²) in [5.74, 6) is 0.675. The minimum absolute atomic E-state index is 0.154. The molecular weight excluding hydrogens is 190 g/mol. The Hall–Kier alpha value is 0.400. The molecule has 0 amide bonds. The van der Waals surface area contributed by atoms with E-state index in [-0.39, 0.29) is 19.1 Å².